The zero-order chi connectivity index (χ0) is 53.5. The summed E-state index contributed by atoms with van der Waals surface area (Å²) in [6.07, 6.45) is 6.47. The number of hydrogen-bond acceptors (Lipinski definition) is 16. The third kappa shape index (κ3) is 38.1. The first-order valence-corrected chi connectivity index (χ1v) is 21.8. The van der Waals surface area contributed by atoms with E-state index in [-0.39, 0.29) is 117 Å². The number of rotatable bonds is 8. The van der Waals surface area contributed by atoms with Gasteiger partial charge in [0.25, 0.3) is 0 Å². The van der Waals surface area contributed by atoms with Gasteiger partial charge in [0.1, 0.15) is 0 Å². The molecule has 4 heterocycles. The van der Waals surface area contributed by atoms with Crippen molar-refractivity contribution >= 4 is 70.3 Å². The predicted molar refractivity (Wildman–Crippen MR) is 255 cm³/mol. The summed E-state index contributed by atoms with van der Waals surface area (Å²) in [6, 6.07) is 44.5. The van der Waals surface area contributed by atoms with Crippen LogP contribution in [0.1, 0.15) is 64.2 Å². The van der Waals surface area contributed by atoms with E-state index >= 15 is 0 Å². The van der Waals surface area contributed by atoms with E-state index in [1.54, 1.807) is 97.6 Å². The number of carboxylic acid groups (broad SMARTS) is 4. The summed E-state index contributed by atoms with van der Waals surface area (Å²) >= 11 is 22.0. The number of halogens is 4. The normalized spacial score (nSPS) is 8.74. The molecule has 0 saturated carbocycles. The molecular formula is C52H40Cl4Cu4N4O12. The second-order valence-electron chi connectivity index (χ2n) is 13.0. The number of carbonyl (C=O) groups excluding carboxylic acids is 4. The van der Waals surface area contributed by atoms with Crippen LogP contribution in [0, 0.1) is 0 Å². The number of nitrogens with zero attached hydrogens (tertiary/aromatic N) is 4. The van der Waals surface area contributed by atoms with Crippen LogP contribution in [-0.4, -0.2) is 43.8 Å². The van der Waals surface area contributed by atoms with Crippen LogP contribution in [0.4, 0.5) is 0 Å². The molecule has 16 nitrogen and oxygen atoms in total. The Morgan fingerprint density at radius 1 is 0.289 bits per heavy atom. The van der Waals surface area contributed by atoms with Crippen LogP contribution in [0.15, 0.2) is 195 Å². The molecule has 412 valence electrons. The number of aromatic carboxylic acids is 4. The van der Waals surface area contributed by atoms with Crippen LogP contribution in [0.3, 0.4) is 0 Å². The van der Waals surface area contributed by atoms with Gasteiger partial charge in [0.15, 0.2) is 0 Å². The number of hydrogen-bond donors (Lipinski definition) is 0. The molecule has 24 heteroatoms. The summed E-state index contributed by atoms with van der Waals surface area (Å²) in [5.74, 6) is -4.73. The number of carboxylic acids is 4. The van der Waals surface area contributed by atoms with Gasteiger partial charge in [-0.2, -0.15) is 0 Å². The van der Waals surface area contributed by atoms with Gasteiger partial charge in [0.05, 0.1) is 23.9 Å². The molecule has 0 bridgehead atoms. The van der Waals surface area contributed by atoms with Crippen LogP contribution >= 0.6 is 46.4 Å². The molecule has 0 aliphatic carbocycles. The Balaban J connectivity index is -0.000000388. The van der Waals surface area contributed by atoms with Gasteiger partial charge in [0, 0.05) is 67.7 Å². The van der Waals surface area contributed by atoms with Gasteiger partial charge in [-0.05, 0) is 119 Å². The van der Waals surface area contributed by atoms with Crippen molar-refractivity contribution in [3.8, 4) is 0 Å². The molecule has 0 atom stereocenters. The maximum absolute atomic E-state index is 10.2. The second-order valence-corrected chi connectivity index (χ2v) is 14.8. The van der Waals surface area contributed by atoms with Crippen LogP contribution in [0.25, 0.3) is 0 Å². The first-order valence-electron chi connectivity index (χ1n) is 20.3. The van der Waals surface area contributed by atoms with E-state index in [1.807, 2.05) is 0 Å². The molecule has 0 aliphatic heterocycles. The average molecular weight is 1310 g/mol. The molecule has 0 amide bonds. The summed E-state index contributed by atoms with van der Waals surface area (Å²) in [5, 5.41) is 83.0. The van der Waals surface area contributed by atoms with Gasteiger partial charge in [-0.25, -0.2) is 0 Å². The van der Waals surface area contributed by atoms with E-state index in [9.17, 15) is 60.0 Å². The fourth-order valence-corrected chi connectivity index (χ4v) is 4.78. The minimum atomic E-state index is -1.18. The molecule has 4 aromatic carbocycles. The van der Waals surface area contributed by atoms with E-state index in [0.717, 1.165) is 0 Å². The molecule has 4 aromatic heterocycles. The van der Waals surface area contributed by atoms with Gasteiger partial charge in [0.2, 0.25) is 0 Å². The van der Waals surface area contributed by atoms with Gasteiger partial charge in [-0.3, -0.25) is 19.9 Å². The van der Waals surface area contributed by atoms with Gasteiger partial charge in [-0.15, -0.1) is 0 Å². The van der Waals surface area contributed by atoms with Crippen molar-refractivity contribution in [2.75, 3.05) is 0 Å². The third-order valence-corrected chi connectivity index (χ3v) is 8.82. The minimum absolute atomic E-state index is 0. The van der Waals surface area contributed by atoms with Crippen molar-refractivity contribution in [2.24, 2.45) is 0 Å². The molecule has 8 rings (SSSR count). The molecule has 0 N–H and O–H groups in total. The topological polar surface area (TPSA) is 304 Å². The molecule has 76 heavy (non-hydrogen) atoms. The summed E-state index contributed by atoms with van der Waals surface area (Å²) in [6.45, 7) is -0.886. The predicted octanol–water partition coefficient (Wildman–Crippen LogP) is 2.57. The van der Waals surface area contributed by atoms with Crippen molar-refractivity contribution in [3.63, 3.8) is 0 Å². The standard InChI is InChI=1S/4C7H5ClO2.4C6H6NO.4Cu/c4*8-6-3-1-5(2-4-6)7(9)10;4*8-5-6-3-1-2-4-7-6;;;;/h4*1-4H,(H,9,10);4*1-4H,5H2;;;;/q;;;;4*-1;4*+2/p-4. The number of pyridine rings is 4. The first-order chi connectivity index (χ1) is 34.5. The Hall–Kier alpha value is -5.56. The van der Waals surface area contributed by atoms with Crippen molar-refractivity contribution in [1.29, 1.82) is 0 Å². The minimum Gasteiger partial charge on any atom is -0.850 e. The zero-order valence-electron chi connectivity index (χ0n) is 38.7. The van der Waals surface area contributed by atoms with Crippen LogP contribution in [0.5, 0.6) is 0 Å². The molecule has 0 saturated heterocycles. The monoisotopic (exact) mass is 1300 g/mol. The second kappa shape index (κ2) is 47.9. The Morgan fingerprint density at radius 3 is 0.539 bits per heavy atom. The molecule has 0 unspecified atom stereocenters. The Bertz CT molecular complexity index is 2340. The summed E-state index contributed by atoms with van der Waals surface area (Å²) in [4.78, 5) is 55.8. The zero-order valence-corrected chi connectivity index (χ0v) is 45.5. The third-order valence-electron chi connectivity index (χ3n) is 7.82. The van der Waals surface area contributed by atoms with Crippen LogP contribution in [-0.2, 0) is 94.7 Å². The molecule has 0 spiro atoms. The van der Waals surface area contributed by atoms with E-state index in [2.05, 4.69) is 19.9 Å². The van der Waals surface area contributed by atoms with Crippen molar-refractivity contribution in [3.05, 3.63) is 260 Å². The fourth-order valence-electron chi connectivity index (χ4n) is 4.28. The molecule has 4 radical (unpaired) electrons. The molecule has 0 fully saturated rings. The maximum Gasteiger partial charge on any atom is 2.00 e. The van der Waals surface area contributed by atoms with Crippen LogP contribution < -0.4 is 40.9 Å². The van der Waals surface area contributed by atoms with E-state index in [0.29, 0.717) is 42.9 Å². The Labute approximate surface area is 500 Å². The average Bonchev–Trinajstić information content (AvgIpc) is 3.41. The van der Waals surface area contributed by atoms with Gasteiger partial charge in [-0.1, -0.05) is 146 Å². The van der Waals surface area contributed by atoms with E-state index in [1.165, 1.54) is 97.1 Å². The van der Waals surface area contributed by atoms with Crippen molar-refractivity contribution in [2.45, 2.75) is 26.4 Å². The number of aromatic nitrogens is 4. The summed E-state index contributed by atoms with van der Waals surface area (Å²) < 4.78 is 0. The quantitative estimate of drug-likeness (QED) is 0.197. The van der Waals surface area contributed by atoms with Crippen molar-refractivity contribution < 1.29 is 128 Å². The van der Waals surface area contributed by atoms with Crippen molar-refractivity contribution in [1.82, 2.24) is 19.9 Å². The van der Waals surface area contributed by atoms with Crippen LogP contribution in [0.2, 0.25) is 20.1 Å². The SMILES string of the molecule is O=C([O-])c1ccc(Cl)cc1.O=C([O-])c1ccc(Cl)cc1.O=C([O-])c1ccc(Cl)cc1.O=C([O-])c1ccc(Cl)cc1.[Cu+2].[Cu+2].[Cu+2].[Cu+2].[O-]Cc1ccccn1.[O-]Cc1ccccn1.[O-]Cc1ccccn1.[O-]Cc1ccccn1. The largest absolute Gasteiger partial charge is 2.00 e. The Morgan fingerprint density at radius 2 is 0.447 bits per heavy atom. The molecular weight excluding hydrogens is 1270 g/mol. The number of benzene rings is 4. The van der Waals surface area contributed by atoms with Gasteiger partial charge < -0.3 is 60.0 Å². The molecule has 0 aliphatic rings. The fraction of sp³-hybridized carbons (Fsp3) is 0.0769. The summed E-state index contributed by atoms with van der Waals surface area (Å²) in [7, 11) is 0. The number of carbonyl (C=O) groups is 4. The molecule has 8 aromatic rings. The summed E-state index contributed by atoms with van der Waals surface area (Å²) in [5.41, 5.74) is 2.99. The van der Waals surface area contributed by atoms with E-state index in [4.69, 9.17) is 46.4 Å². The Kier molecular flexibility index (Phi) is 48.4. The van der Waals surface area contributed by atoms with Gasteiger partial charge >= 0.3 is 68.3 Å². The van der Waals surface area contributed by atoms with E-state index < -0.39 is 23.9 Å². The maximum atomic E-state index is 10.2. The smallest absolute Gasteiger partial charge is 0.850 e. The first kappa shape index (κ1) is 76.9.